The molecule has 0 saturated carbocycles. The van der Waals surface area contributed by atoms with Crippen LogP contribution in [-0.2, 0) is 6.54 Å². The minimum atomic E-state index is -0.323. The van der Waals surface area contributed by atoms with Gasteiger partial charge in [0.1, 0.15) is 10.0 Å². The maximum absolute atomic E-state index is 11.2. The van der Waals surface area contributed by atoms with Gasteiger partial charge in [0.15, 0.2) is 0 Å². The standard InChI is InChI=1S/C7H5ClN4OS/c8-6-5(10-11-14-6)4-12-3-1-2-9-7(12)13/h1-3H,4H2. The van der Waals surface area contributed by atoms with Crippen LogP contribution in [-0.4, -0.2) is 19.1 Å². The lowest BCUT2D eigenvalue weighted by Crippen LogP contribution is -2.22. The van der Waals surface area contributed by atoms with Gasteiger partial charge in [-0.1, -0.05) is 16.1 Å². The van der Waals surface area contributed by atoms with Gasteiger partial charge in [-0.25, -0.2) is 9.78 Å². The molecular weight excluding hydrogens is 224 g/mol. The highest BCUT2D eigenvalue weighted by Crippen LogP contribution is 2.17. The summed E-state index contributed by atoms with van der Waals surface area (Å²) in [7, 11) is 0. The molecule has 2 rings (SSSR count). The molecule has 0 aromatic carbocycles. The molecule has 0 fully saturated rings. The van der Waals surface area contributed by atoms with Gasteiger partial charge in [-0.2, -0.15) is 0 Å². The van der Waals surface area contributed by atoms with Gasteiger partial charge in [0.05, 0.1) is 6.54 Å². The summed E-state index contributed by atoms with van der Waals surface area (Å²) in [6.07, 6.45) is 3.07. The highest BCUT2D eigenvalue weighted by atomic mass is 35.5. The Hall–Kier alpha value is -1.27. The molecule has 0 saturated heterocycles. The van der Waals surface area contributed by atoms with E-state index in [0.717, 1.165) is 11.5 Å². The molecule has 0 radical (unpaired) electrons. The van der Waals surface area contributed by atoms with Crippen molar-refractivity contribution < 1.29 is 0 Å². The largest absolute Gasteiger partial charge is 0.347 e. The zero-order chi connectivity index (χ0) is 9.97. The molecule has 0 aliphatic heterocycles. The van der Waals surface area contributed by atoms with Crippen LogP contribution in [0.5, 0.6) is 0 Å². The topological polar surface area (TPSA) is 60.7 Å². The minimum absolute atomic E-state index is 0.308. The van der Waals surface area contributed by atoms with Gasteiger partial charge in [-0.3, -0.25) is 4.57 Å². The van der Waals surface area contributed by atoms with E-state index < -0.39 is 0 Å². The number of hydrogen-bond donors (Lipinski definition) is 0. The van der Waals surface area contributed by atoms with Crippen LogP contribution in [0.25, 0.3) is 0 Å². The second-order valence-electron chi connectivity index (χ2n) is 2.52. The fourth-order valence-electron chi connectivity index (χ4n) is 0.960. The SMILES string of the molecule is O=c1ncccn1Cc1nnsc1Cl. The van der Waals surface area contributed by atoms with E-state index in [0.29, 0.717) is 16.6 Å². The van der Waals surface area contributed by atoms with Crippen molar-refractivity contribution in [3.05, 3.63) is 39.0 Å². The summed E-state index contributed by atoms with van der Waals surface area (Å²) in [5.41, 5.74) is 0.267. The van der Waals surface area contributed by atoms with Crippen LogP contribution in [0, 0.1) is 0 Å². The third kappa shape index (κ3) is 1.80. The molecule has 0 N–H and O–H groups in total. The number of halogens is 1. The average molecular weight is 229 g/mol. The summed E-state index contributed by atoms with van der Waals surface area (Å²) >= 11 is 6.90. The van der Waals surface area contributed by atoms with Crippen LogP contribution in [0.2, 0.25) is 4.34 Å². The van der Waals surface area contributed by atoms with E-state index in [1.165, 1.54) is 10.8 Å². The number of rotatable bonds is 2. The van der Waals surface area contributed by atoms with Crippen LogP contribution in [0.4, 0.5) is 0 Å². The highest BCUT2D eigenvalue weighted by Gasteiger charge is 2.06. The second-order valence-corrected chi connectivity index (χ2v) is 3.88. The van der Waals surface area contributed by atoms with E-state index in [1.54, 1.807) is 12.3 Å². The van der Waals surface area contributed by atoms with Gasteiger partial charge in [-0.15, -0.1) is 5.10 Å². The Morgan fingerprint density at radius 1 is 1.57 bits per heavy atom. The first kappa shape index (κ1) is 9.29. The van der Waals surface area contributed by atoms with Gasteiger partial charge < -0.3 is 0 Å². The van der Waals surface area contributed by atoms with Gasteiger partial charge in [0.2, 0.25) is 0 Å². The van der Waals surface area contributed by atoms with Crippen molar-refractivity contribution in [2.45, 2.75) is 6.54 Å². The van der Waals surface area contributed by atoms with E-state index in [1.807, 2.05) is 0 Å². The zero-order valence-electron chi connectivity index (χ0n) is 6.92. The molecule has 2 heterocycles. The molecule has 2 aromatic heterocycles. The quantitative estimate of drug-likeness (QED) is 0.763. The second kappa shape index (κ2) is 3.85. The van der Waals surface area contributed by atoms with Crippen molar-refractivity contribution in [1.29, 1.82) is 0 Å². The van der Waals surface area contributed by atoms with Gasteiger partial charge in [0.25, 0.3) is 0 Å². The van der Waals surface area contributed by atoms with Crippen LogP contribution < -0.4 is 5.69 Å². The lowest BCUT2D eigenvalue weighted by Gasteiger charge is -1.99. The lowest BCUT2D eigenvalue weighted by molar-refractivity contribution is 0.708. The number of aromatic nitrogens is 4. The summed E-state index contributed by atoms with van der Waals surface area (Å²) < 4.78 is 5.59. The van der Waals surface area contributed by atoms with E-state index in [9.17, 15) is 4.79 Å². The molecule has 0 bridgehead atoms. The Kier molecular flexibility index (Phi) is 2.55. The third-order valence-electron chi connectivity index (χ3n) is 1.61. The van der Waals surface area contributed by atoms with Crippen LogP contribution in [0.3, 0.4) is 0 Å². The van der Waals surface area contributed by atoms with Crippen molar-refractivity contribution in [3.63, 3.8) is 0 Å². The summed E-state index contributed by atoms with van der Waals surface area (Å²) in [6.45, 7) is 0.308. The summed E-state index contributed by atoms with van der Waals surface area (Å²) in [5.74, 6) is 0. The number of nitrogens with zero attached hydrogens (tertiary/aromatic N) is 4. The molecule has 72 valence electrons. The maximum Gasteiger partial charge on any atom is 0.347 e. The fraction of sp³-hybridized carbons (Fsp3) is 0.143. The Bertz CT molecular complexity index is 494. The van der Waals surface area contributed by atoms with Crippen molar-refractivity contribution >= 4 is 23.1 Å². The Balaban J connectivity index is 2.32. The van der Waals surface area contributed by atoms with Gasteiger partial charge >= 0.3 is 5.69 Å². The third-order valence-corrected chi connectivity index (χ3v) is 2.60. The van der Waals surface area contributed by atoms with E-state index in [2.05, 4.69) is 14.6 Å². The van der Waals surface area contributed by atoms with E-state index in [4.69, 9.17) is 11.6 Å². The normalized spacial score (nSPS) is 10.4. The summed E-state index contributed by atoms with van der Waals surface area (Å²) in [5, 5.41) is 3.80. The van der Waals surface area contributed by atoms with Gasteiger partial charge in [0, 0.05) is 23.9 Å². The molecule has 0 amide bonds. The molecular formula is C7H5ClN4OS. The van der Waals surface area contributed by atoms with Crippen molar-refractivity contribution in [2.24, 2.45) is 0 Å². The van der Waals surface area contributed by atoms with Crippen molar-refractivity contribution in [2.75, 3.05) is 0 Å². The molecule has 7 heteroatoms. The summed E-state index contributed by atoms with van der Waals surface area (Å²) in [4.78, 5) is 14.8. The van der Waals surface area contributed by atoms with E-state index >= 15 is 0 Å². The predicted molar refractivity (Wildman–Crippen MR) is 52.5 cm³/mol. The first-order chi connectivity index (χ1) is 6.77. The first-order valence-corrected chi connectivity index (χ1v) is 4.90. The van der Waals surface area contributed by atoms with Crippen LogP contribution >= 0.6 is 23.1 Å². The Morgan fingerprint density at radius 3 is 3.07 bits per heavy atom. The monoisotopic (exact) mass is 228 g/mol. The van der Waals surface area contributed by atoms with Crippen molar-refractivity contribution in [3.8, 4) is 0 Å². The molecule has 0 aliphatic rings. The molecule has 0 atom stereocenters. The zero-order valence-corrected chi connectivity index (χ0v) is 8.49. The minimum Gasteiger partial charge on any atom is -0.293 e. The lowest BCUT2D eigenvalue weighted by atomic mass is 10.5. The Labute approximate surface area is 88.2 Å². The molecule has 0 aliphatic carbocycles. The number of hydrogen-bond acceptors (Lipinski definition) is 5. The predicted octanol–water partition coefficient (Wildman–Crippen LogP) is 0.796. The van der Waals surface area contributed by atoms with Crippen LogP contribution in [0.1, 0.15) is 5.69 Å². The molecule has 5 nitrogen and oxygen atoms in total. The van der Waals surface area contributed by atoms with Crippen LogP contribution in [0.15, 0.2) is 23.3 Å². The van der Waals surface area contributed by atoms with Gasteiger partial charge in [-0.05, 0) is 6.07 Å². The molecule has 0 spiro atoms. The maximum atomic E-state index is 11.2. The molecule has 0 unspecified atom stereocenters. The first-order valence-electron chi connectivity index (χ1n) is 3.75. The smallest absolute Gasteiger partial charge is 0.293 e. The molecule has 2 aromatic rings. The van der Waals surface area contributed by atoms with Crippen molar-refractivity contribution in [1.82, 2.24) is 19.1 Å². The highest BCUT2D eigenvalue weighted by molar-refractivity contribution is 7.10. The Morgan fingerprint density at radius 2 is 2.43 bits per heavy atom. The van der Waals surface area contributed by atoms with E-state index in [-0.39, 0.29) is 5.69 Å². The fourth-order valence-corrected chi connectivity index (χ4v) is 1.57. The molecule has 14 heavy (non-hydrogen) atoms. The summed E-state index contributed by atoms with van der Waals surface area (Å²) in [6, 6.07) is 1.68. The average Bonchev–Trinajstić information content (AvgIpc) is 2.56.